The van der Waals surface area contributed by atoms with Crippen LogP contribution in [-0.4, -0.2) is 30.8 Å². The van der Waals surface area contributed by atoms with Crippen LogP contribution >= 0.6 is 0 Å². The Morgan fingerprint density at radius 3 is 2.47 bits per heavy atom. The molecule has 0 amide bonds. The lowest BCUT2D eigenvalue weighted by molar-refractivity contribution is 0.141. The predicted octanol–water partition coefficient (Wildman–Crippen LogP) is 0.658. The number of nitriles is 1. The molecule has 1 atom stereocenters. The molecule has 0 bridgehead atoms. The van der Waals surface area contributed by atoms with Crippen LogP contribution in [0.3, 0.4) is 0 Å². The molecule has 0 aliphatic rings. The molecule has 0 aromatic heterocycles. The second-order valence-electron chi connectivity index (χ2n) is 3.51. The van der Waals surface area contributed by atoms with E-state index in [-0.39, 0.29) is 0 Å². The average Bonchev–Trinajstić information content (AvgIpc) is 2.26. The van der Waals surface area contributed by atoms with Gasteiger partial charge in [-0.05, 0) is 17.7 Å². The minimum Gasteiger partial charge on any atom is -0.387 e. The van der Waals surface area contributed by atoms with Gasteiger partial charge in [-0.25, -0.2) is 0 Å². The fourth-order valence-electron chi connectivity index (χ4n) is 1.17. The highest BCUT2D eigenvalue weighted by Crippen LogP contribution is 2.12. The van der Waals surface area contributed by atoms with Crippen molar-refractivity contribution >= 4 is 0 Å². The van der Waals surface area contributed by atoms with Crippen molar-refractivity contribution in [2.75, 3.05) is 20.6 Å². The summed E-state index contributed by atoms with van der Waals surface area (Å²) in [5, 5.41) is 20.2. The third kappa shape index (κ3) is 3.68. The molecule has 0 fully saturated rings. The van der Waals surface area contributed by atoms with E-state index in [0.29, 0.717) is 12.1 Å². The quantitative estimate of drug-likeness (QED) is 0.709. The lowest BCUT2D eigenvalue weighted by Gasteiger charge is -2.16. The molecular formula is C11H15N3O. The van der Waals surface area contributed by atoms with Crippen LogP contribution < -0.4 is 5.43 Å². The Bertz CT molecular complexity index is 340. The van der Waals surface area contributed by atoms with Gasteiger partial charge in [0.25, 0.3) is 0 Å². The van der Waals surface area contributed by atoms with Crippen molar-refractivity contribution in [3.8, 4) is 6.07 Å². The van der Waals surface area contributed by atoms with Crippen LogP contribution in [-0.2, 0) is 0 Å². The fourth-order valence-corrected chi connectivity index (χ4v) is 1.17. The Kier molecular flexibility index (Phi) is 4.25. The zero-order valence-corrected chi connectivity index (χ0v) is 8.94. The van der Waals surface area contributed by atoms with Gasteiger partial charge in [-0.3, -0.25) is 10.4 Å². The van der Waals surface area contributed by atoms with Crippen molar-refractivity contribution in [3.05, 3.63) is 35.4 Å². The van der Waals surface area contributed by atoms with Gasteiger partial charge in [0.05, 0.1) is 17.7 Å². The van der Waals surface area contributed by atoms with Gasteiger partial charge in [0.2, 0.25) is 0 Å². The molecule has 1 rings (SSSR count). The summed E-state index contributed by atoms with van der Waals surface area (Å²) >= 11 is 0. The molecule has 0 aliphatic carbocycles. The van der Waals surface area contributed by atoms with Gasteiger partial charge in [-0.1, -0.05) is 12.1 Å². The van der Waals surface area contributed by atoms with Crippen molar-refractivity contribution < 1.29 is 5.11 Å². The highest BCUT2D eigenvalue weighted by molar-refractivity contribution is 5.32. The number of hydrogen-bond donors (Lipinski definition) is 2. The van der Waals surface area contributed by atoms with E-state index in [2.05, 4.69) is 5.43 Å². The third-order valence-corrected chi connectivity index (χ3v) is 2.03. The molecule has 80 valence electrons. The number of rotatable bonds is 4. The van der Waals surface area contributed by atoms with Crippen molar-refractivity contribution in [2.24, 2.45) is 0 Å². The van der Waals surface area contributed by atoms with Gasteiger partial charge >= 0.3 is 0 Å². The Balaban J connectivity index is 2.58. The third-order valence-electron chi connectivity index (χ3n) is 2.03. The molecule has 4 nitrogen and oxygen atoms in total. The molecule has 1 aromatic carbocycles. The van der Waals surface area contributed by atoms with Gasteiger partial charge < -0.3 is 5.11 Å². The first-order valence-electron chi connectivity index (χ1n) is 4.72. The largest absolute Gasteiger partial charge is 0.387 e. The molecule has 0 heterocycles. The summed E-state index contributed by atoms with van der Waals surface area (Å²) in [6.07, 6.45) is -0.555. The van der Waals surface area contributed by atoms with Gasteiger partial charge in [-0.15, -0.1) is 0 Å². The van der Waals surface area contributed by atoms with E-state index >= 15 is 0 Å². The van der Waals surface area contributed by atoms with E-state index < -0.39 is 6.10 Å². The number of hydrogen-bond acceptors (Lipinski definition) is 4. The first-order chi connectivity index (χ1) is 7.13. The van der Waals surface area contributed by atoms with E-state index in [1.54, 1.807) is 29.3 Å². The van der Waals surface area contributed by atoms with Crippen molar-refractivity contribution in [1.29, 1.82) is 5.26 Å². The van der Waals surface area contributed by atoms with E-state index in [0.717, 1.165) is 5.56 Å². The second kappa shape index (κ2) is 5.47. The summed E-state index contributed by atoms with van der Waals surface area (Å²) < 4.78 is 0. The zero-order chi connectivity index (χ0) is 11.3. The second-order valence-corrected chi connectivity index (χ2v) is 3.51. The lowest BCUT2D eigenvalue weighted by Crippen LogP contribution is -2.33. The summed E-state index contributed by atoms with van der Waals surface area (Å²) in [5.41, 5.74) is 4.40. The highest BCUT2D eigenvalue weighted by atomic mass is 16.3. The summed E-state index contributed by atoms with van der Waals surface area (Å²) in [5.74, 6) is 0. The van der Waals surface area contributed by atoms with Gasteiger partial charge in [-0.2, -0.15) is 5.26 Å². The monoisotopic (exact) mass is 205 g/mol. The van der Waals surface area contributed by atoms with Gasteiger partial charge in [0, 0.05) is 20.6 Å². The lowest BCUT2D eigenvalue weighted by atomic mass is 10.1. The maximum Gasteiger partial charge on any atom is 0.0991 e. The zero-order valence-electron chi connectivity index (χ0n) is 8.94. The molecule has 2 N–H and O–H groups in total. The van der Waals surface area contributed by atoms with Crippen molar-refractivity contribution in [3.63, 3.8) is 0 Å². The number of aliphatic hydroxyl groups excluding tert-OH is 1. The molecule has 1 aromatic rings. The van der Waals surface area contributed by atoms with Crippen molar-refractivity contribution in [1.82, 2.24) is 10.4 Å². The minimum absolute atomic E-state index is 0.457. The summed E-state index contributed by atoms with van der Waals surface area (Å²) in [4.78, 5) is 0. The Hall–Kier alpha value is -1.41. The Labute approximate surface area is 89.7 Å². The van der Waals surface area contributed by atoms with Crippen LogP contribution in [0.4, 0.5) is 0 Å². The van der Waals surface area contributed by atoms with Crippen LogP contribution in [0.5, 0.6) is 0 Å². The van der Waals surface area contributed by atoms with Crippen LogP contribution in [0.25, 0.3) is 0 Å². The molecule has 0 aliphatic heterocycles. The van der Waals surface area contributed by atoms with Crippen LogP contribution in [0.15, 0.2) is 24.3 Å². The summed E-state index contributed by atoms with van der Waals surface area (Å²) in [6, 6.07) is 8.97. The molecular weight excluding hydrogens is 190 g/mol. The SMILES string of the molecule is CN(C)NCC(O)c1ccc(C#N)cc1. The fraction of sp³-hybridized carbons (Fsp3) is 0.364. The first kappa shape index (κ1) is 11.7. The minimum atomic E-state index is -0.555. The molecule has 4 heteroatoms. The summed E-state index contributed by atoms with van der Waals surface area (Å²) in [7, 11) is 3.73. The topological polar surface area (TPSA) is 59.3 Å². The molecule has 0 saturated heterocycles. The van der Waals surface area contributed by atoms with Crippen molar-refractivity contribution in [2.45, 2.75) is 6.10 Å². The van der Waals surface area contributed by atoms with E-state index in [9.17, 15) is 5.11 Å². The Morgan fingerprint density at radius 1 is 1.40 bits per heavy atom. The number of nitrogens with zero attached hydrogens (tertiary/aromatic N) is 2. The molecule has 15 heavy (non-hydrogen) atoms. The highest BCUT2D eigenvalue weighted by Gasteiger charge is 2.06. The average molecular weight is 205 g/mol. The molecule has 0 saturated carbocycles. The maximum atomic E-state index is 9.76. The number of nitrogens with one attached hydrogen (secondary N) is 1. The van der Waals surface area contributed by atoms with E-state index in [4.69, 9.17) is 5.26 Å². The van der Waals surface area contributed by atoms with Gasteiger partial charge in [0.1, 0.15) is 0 Å². The standard InChI is InChI=1S/C11H15N3O/c1-14(2)13-8-11(15)10-5-3-9(7-12)4-6-10/h3-6,11,13,15H,8H2,1-2H3. The number of hydrazine groups is 1. The maximum absolute atomic E-state index is 9.76. The predicted molar refractivity (Wildman–Crippen MR) is 57.8 cm³/mol. The Morgan fingerprint density at radius 2 is 2.00 bits per heavy atom. The number of benzene rings is 1. The van der Waals surface area contributed by atoms with Crippen LogP contribution in [0, 0.1) is 11.3 Å². The van der Waals surface area contributed by atoms with Crippen LogP contribution in [0.2, 0.25) is 0 Å². The first-order valence-corrected chi connectivity index (χ1v) is 4.72. The molecule has 1 unspecified atom stereocenters. The number of aliphatic hydroxyl groups is 1. The van der Waals surface area contributed by atoms with Gasteiger partial charge in [0.15, 0.2) is 0 Å². The molecule has 0 radical (unpaired) electrons. The molecule has 0 spiro atoms. The normalized spacial score (nSPS) is 12.5. The van der Waals surface area contributed by atoms with Crippen LogP contribution in [0.1, 0.15) is 17.2 Å². The van der Waals surface area contributed by atoms with E-state index in [1.807, 2.05) is 20.2 Å². The smallest absolute Gasteiger partial charge is 0.0991 e. The van der Waals surface area contributed by atoms with E-state index in [1.165, 1.54) is 0 Å². The summed E-state index contributed by atoms with van der Waals surface area (Å²) in [6.45, 7) is 0.457.